The topological polar surface area (TPSA) is 51.0 Å². The van der Waals surface area contributed by atoms with Crippen molar-refractivity contribution in [3.63, 3.8) is 0 Å². The summed E-state index contributed by atoms with van der Waals surface area (Å²) in [6, 6.07) is 8.18. The van der Waals surface area contributed by atoms with Gasteiger partial charge in [-0.25, -0.2) is 5.10 Å². The van der Waals surface area contributed by atoms with Crippen molar-refractivity contribution < 1.29 is 9.15 Å². The molecule has 0 aliphatic rings. The Hall–Kier alpha value is -1.62. The molecule has 0 saturated carbocycles. The second-order valence-electron chi connectivity index (χ2n) is 3.94. The lowest BCUT2D eigenvalue weighted by Crippen LogP contribution is -1.93. The highest BCUT2D eigenvalue weighted by Crippen LogP contribution is 2.14. The van der Waals surface area contributed by atoms with Crippen LogP contribution in [0.25, 0.3) is 0 Å². The van der Waals surface area contributed by atoms with Crippen LogP contribution in [0.4, 0.5) is 0 Å². The summed E-state index contributed by atoms with van der Waals surface area (Å²) in [5, 5.41) is 6.59. The summed E-state index contributed by atoms with van der Waals surface area (Å²) in [6.07, 6.45) is 2.76. The molecule has 2 aromatic rings. The molecule has 0 spiro atoms. The van der Waals surface area contributed by atoms with Gasteiger partial charge in [0.25, 0.3) is 4.84 Å². The van der Waals surface area contributed by atoms with Crippen molar-refractivity contribution in [1.29, 1.82) is 0 Å². The van der Waals surface area contributed by atoms with Crippen LogP contribution in [0.5, 0.6) is 5.75 Å². The Morgan fingerprint density at radius 2 is 2.06 bits per heavy atom. The number of hydrogen-bond acceptors (Lipinski definition) is 4. The number of ether oxygens (including phenoxy) is 1. The Morgan fingerprint density at radius 1 is 1.28 bits per heavy atom. The second kappa shape index (κ2) is 6.35. The zero-order chi connectivity index (χ0) is 12.8. The molecule has 0 aliphatic carbocycles. The van der Waals surface area contributed by atoms with Crippen LogP contribution < -0.4 is 4.74 Å². The molecule has 1 heterocycles. The number of aromatic nitrogens is 2. The van der Waals surface area contributed by atoms with Gasteiger partial charge in [-0.15, -0.1) is 5.10 Å². The van der Waals surface area contributed by atoms with Crippen molar-refractivity contribution in [3.05, 3.63) is 40.6 Å². The van der Waals surface area contributed by atoms with Gasteiger partial charge in [-0.3, -0.25) is 0 Å². The van der Waals surface area contributed by atoms with Gasteiger partial charge in [-0.2, -0.15) is 0 Å². The van der Waals surface area contributed by atoms with E-state index >= 15 is 0 Å². The molecule has 96 valence electrons. The minimum atomic E-state index is 0.339. The van der Waals surface area contributed by atoms with E-state index in [1.165, 1.54) is 5.56 Å². The van der Waals surface area contributed by atoms with E-state index in [4.69, 9.17) is 21.4 Å². The first-order chi connectivity index (χ1) is 8.78. The number of H-pyrrole nitrogens is 1. The molecule has 0 fully saturated rings. The van der Waals surface area contributed by atoms with Crippen LogP contribution in [0.2, 0.25) is 0 Å². The molecule has 0 bridgehead atoms. The fourth-order valence-corrected chi connectivity index (χ4v) is 1.87. The molecular weight excluding hydrogens is 248 g/mol. The van der Waals surface area contributed by atoms with E-state index in [1.807, 2.05) is 19.1 Å². The summed E-state index contributed by atoms with van der Waals surface area (Å²) in [5.74, 6) is 1.59. The SMILES string of the molecule is CCOc1ccc(CCCc2n[nH]c(=S)o2)cc1. The minimum absolute atomic E-state index is 0.339. The lowest BCUT2D eigenvalue weighted by molar-refractivity contribution is 0.340. The Balaban J connectivity index is 1.81. The van der Waals surface area contributed by atoms with Crippen molar-refractivity contribution in [2.75, 3.05) is 6.61 Å². The lowest BCUT2D eigenvalue weighted by atomic mass is 10.1. The molecule has 1 aromatic carbocycles. The predicted molar refractivity (Wildman–Crippen MR) is 71.3 cm³/mol. The summed E-state index contributed by atoms with van der Waals surface area (Å²) in [5.41, 5.74) is 1.28. The Labute approximate surface area is 111 Å². The molecule has 0 unspecified atom stereocenters. The zero-order valence-electron chi connectivity index (χ0n) is 10.3. The largest absolute Gasteiger partial charge is 0.494 e. The van der Waals surface area contributed by atoms with Gasteiger partial charge in [0.2, 0.25) is 5.89 Å². The number of aryl methyl sites for hydroxylation is 2. The molecular formula is C13H16N2O2S. The van der Waals surface area contributed by atoms with E-state index in [-0.39, 0.29) is 0 Å². The van der Waals surface area contributed by atoms with Crippen molar-refractivity contribution in [3.8, 4) is 5.75 Å². The van der Waals surface area contributed by atoms with E-state index in [0.717, 1.165) is 25.0 Å². The van der Waals surface area contributed by atoms with Crippen molar-refractivity contribution in [1.82, 2.24) is 10.2 Å². The number of hydrogen-bond donors (Lipinski definition) is 1. The van der Waals surface area contributed by atoms with Crippen molar-refractivity contribution >= 4 is 12.2 Å². The van der Waals surface area contributed by atoms with Crippen LogP contribution in [-0.2, 0) is 12.8 Å². The number of nitrogens with zero attached hydrogens (tertiary/aromatic N) is 1. The highest BCUT2D eigenvalue weighted by Gasteiger charge is 2.00. The number of rotatable bonds is 6. The summed E-state index contributed by atoms with van der Waals surface area (Å²) < 4.78 is 10.6. The van der Waals surface area contributed by atoms with Gasteiger partial charge in [0.15, 0.2) is 0 Å². The van der Waals surface area contributed by atoms with Gasteiger partial charge in [0, 0.05) is 6.42 Å². The molecule has 18 heavy (non-hydrogen) atoms. The quantitative estimate of drug-likeness (QED) is 0.813. The number of benzene rings is 1. The highest BCUT2D eigenvalue weighted by molar-refractivity contribution is 7.71. The smallest absolute Gasteiger partial charge is 0.284 e. The molecule has 0 saturated heterocycles. The molecule has 0 amide bonds. The lowest BCUT2D eigenvalue weighted by Gasteiger charge is -2.04. The van der Waals surface area contributed by atoms with Crippen molar-refractivity contribution in [2.24, 2.45) is 0 Å². The molecule has 4 nitrogen and oxygen atoms in total. The standard InChI is InChI=1S/C13H16N2O2S/c1-2-16-11-8-6-10(7-9-11)4-3-5-12-14-15-13(18)17-12/h6-9H,2-5H2,1H3,(H,15,18). The van der Waals surface area contributed by atoms with Crippen LogP contribution in [0.1, 0.15) is 24.8 Å². The van der Waals surface area contributed by atoms with E-state index in [9.17, 15) is 0 Å². The fraction of sp³-hybridized carbons (Fsp3) is 0.385. The molecule has 1 aromatic heterocycles. The molecule has 5 heteroatoms. The van der Waals surface area contributed by atoms with Crippen LogP contribution in [0, 0.1) is 4.84 Å². The van der Waals surface area contributed by atoms with Crippen molar-refractivity contribution in [2.45, 2.75) is 26.2 Å². The van der Waals surface area contributed by atoms with Crippen LogP contribution in [-0.4, -0.2) is 16.8 Å². The summed E-state index contributed by atoms with van der Waals surface area (Å²) >= 11 is 4.82. The van der Waals surface area contributed by atoms with E-state index < -0.39 is 0 Å². The maximum atomic E-state index is 5.40. The number of aromatic amines is 1. The van der Waals surface area contributed by atoms with Crippen LogP contribution in [0.15, 0.2) is 28.7 Å². The first-order valence-corrected chi connectivity index (χ1v) is 6.45. The molecule has 1 N–H and O–H groups in total. The van der Waals surface area contributed by atoms with Crippen LogP contribution in [0.3, 0.4) is 0 Å². The Kier molecular flexibility index (Phi) is 4.52. The summed E-state index contributed by atoms with van der Waals surface area (Å²) in [7, 11) is 0. The third-order valence-electron chi connectivity index (χ3n) is 2.57. The van der Waals surface area contributed by atoms with Gasteiger partial charge in [0.1, 0.15) is 5.75 Å². The van der Waals surface area contributed by atoms with Gasteiger partial charge < -0.3 is 9.15 Å². The average Bonchev–Trinajstić information content (AvgIpc) is 2.78. The van der Waals surface area contributed by atoms with Gasteiger partial charge in [0.05, 0.1) is 6.61 Å². The maximum absolute atomic E-state index is 5.40. The minimum Gasteiger partial charge on any atom is -0.494 e. The fourth-order valence-electron chi connectivity index (χ4n) is 1.73. The third-order valence-corrected chi connectivity index (χ3v) is 2.75. The van der Waals surface area contributed by atoms with Gasteiger partial charge in [-0.1, -0.05) is 12.1 Å². The van der Waals surface area contributed by atoms with Gasteiger partial charge >= 0.3 is 0 Å². The Bertz CT molecular complexity index is 530. The van der Waals surface area contributed by atoms with E-state index in [0.29, 0.717) is 17.3 Å². The first kappa shape index (κ1) is 12.8. The molecule has 0 atom stereocenters. The van der Waals surface area contributed by atoms with Crippen LogP contribution >= 0.6 is 12.2 Å². The normalized spacial score (nSPS) is 10.5. The highest BCUT2D eigenvalue weighted by atomic mass is 32.1. The summed E-state index contributed by atoms with van der Waals surface area (Å²) in [4.78, 5) is 0.339. The van der Waals surface area contributed by atoms with E-state index in [1.54, 1.807) is 0 Å². The zero-order valence-corrected chi connectivity index (χ0v) is 11.1. The summed E-state index contributed by atoms with van der Waals surface area (Å²) in [6.45, 7) is 2.68. The first-order valence-electron chi connectivity index (χ1n) is 6.04. The van der Waals surface area contributed by atoms with Gasteiger partial charge in [-0.05, 0) is 49.7 Å². The number of nitrogens with one attached hydrogen (secondary N) is 1. The maximum Gasteiger partial charge on any atom is 0.284 e. The average molecular weight is 264 g/mol. The molecule has 2 rings (SSSR count). The predicted octanol–water partition coefficient (Wildman–Crippen LogP) is 3.31. The monoisotopic (exact) mass is 264 g/mol. The second-order valence-corrected chi connectivity index (χ2v) is 4.31. The molecule has 0 aliphatic heterocycles. The van der Waals surface area contributed by atoms with E-state index in [2.05, 4.69) is 22.3 Å². The Morgan fingerprint density at radius 3 is 2.67 bits per heavy atom. The third kappa shape index (κ3) is 3.70. The molecule has 0 radical (unpaired) electrons.